The monoisotopic (exact) mass is 331 g/mol. The number of hydrogen-bond acceptors (Lipinski definition) is 1. The number of nitrogens with one attached hydrogen (secondary N) is 1. The molecule has 0 aliphatic heterocycles. The summed E-state index contributed by atoms with van der Waals surface area (Å²) in [5, 5.41) is 3.48. The first-order valence-corrected chi connectivity index (χ1v) is 8.00. The van der Waals surface area contributed by atoms with Crippen molar-refractivity contribution in [1.82, 2.24) is 5.32 Å². The molecule has 2 heteroatoms. The van der Waals surface area contributed by atoms with Crippen molar-refractivity contribution in [2.75, 3.05) is 13.1 Å². The molecule has 0 aliphatic carbocycles. The van der Waals surface area contributed by atoms with Crippen molar-refractivity contribution in [1.29, 1.82) is 0 Å². The van der Waals surface area contributed by atoms with Gasteiger partial charge >= 0.3 is 0 Å². The Morgan fingerprint density at radius 3 is 2.40 bits per heavy atom. The van der Waals surface area contributed by atoms with Gasteiger partial charge in [-0.1, -0.05) is 70.9 Å². The van der Waals surface area contributed by atoms with Gasteiger partial charge in [-0.2, -0.15) is 0 Å². The Morgan fingerprint density at radius 1 is 1.05 bits per heavy atom. The van der Waals surface area contributed by atoms with E-state index in [9.17, 15) is 0 Å². The van der Waals surface area contributed by atoms with Crippen molar-refractivity contribution < 1.29 is 0 Å². The van der Waals surface area contributed by atoms with E-state index in [4.69, 9.17) is 0 Å². The standard InChI is InChI=1S/C18H22BrN/c1-3-20-13-16(17-6-4-5-7-18(17)19)12-15-10-8-14(2)9-11-15/h4-11,16,20H,3,12-13H2,1-2H3. The third-order valence-corrected chi connectivity index (χ3v) is 4.31. The second-order valence-corrected chi connectivity index (χ2v) is 6.07. The Bertz CT molecular complexity index is 533. The van der Waals surface area contributed by atoms with Gasteiger partial charge in [0.15, 0.2) is 0 Å². The third kappa shape index (κ3) is 4.19. The quantitative estimate of drug-likeness (QED) is 0.809. The van der Waals surface area contributed by atoms with Crippen molar-refractivity contribution in [2.45, 2.75) is 26.2 Å². The molecule has 1 nitrogen and oxygen atoms in total. The van der Waals surface area contributed by atoms with Crippen LogP contribution in [-0.4, -0.2) is 13.1 Å². The molecule has 106 valence electrons. The van der Waals surface area contributed by atoms with Gasteiger partial charge in [0.1, 0.15) is 0 Å². The second kappa shape index (κ2) is 7.61. The average Bonchev–Trinajstić information content (AvgIpc) is 2.46. The van der Waals surface area contributed by atoms with E-state index in [1.807, 2.05) is 0 Å². The van der Waals surface area contributed by atoms with Gasteiger partial charge in [0, 0.05) is 16.9 Å². The minimum absolute atomic E-state index is 0.494. The molecule has 0 saturated carbocycles. The molecular weight excluding hydrogens is 310 g/mol. The van der Waals surface area contributed by atoms with E-state index in [0.29, 0.717) is 5.92 Å². The van der Waals surface area contributed by atoms with Crippen LogP contribution in [0, 0.1) is 6.92 Å². The Morgan fingerprint density at radius 2 is 1.75 bits per heavy atom. The molecule has 0 spiro atoms. The van der Waals surface area contributed by atoms with Crippen molar-refractivity contribution in [3.63, 3.8) is 0 Å². The van der Waals surface area contributed by atoms with Gasteiger partial charge in [0.05, 0.1) is 0 Å². The van der Waals surface area contributed by atoms with Crippen LogP contribution < -0.4 is 5.32 Å². The zero-order valence-corrected chi connectivity index (χ0v) is 13.8. The highest BCUT2D eigenvalue weighted by Crippen LogP contribution is 2.27. The maximum Gasteiger partial charge on any atom is 0.0210 e. The summed E-state index contributed by atoms with van der Waals surface area (Å²) >= 11 is 3.69. The number of aryl methyl sites for hydroxylation is 1. The molecule has 1 N–H and O–H groups in total. The van der Waals surface area contributed by atoms with Crippen LogP contribution in [0.25, 0.3) is 0 Å². The minimum atomic E-state index is 0.494. The van der Waals surface area contributed by atoms with E-state index in [1.165, 1.54) is 21.2 Å². The molecule has 1 unspecified atom stereocenters. The van der Waals surface area contributed by atoms with E-state index in [-0.39, 0.29) is 0 Å². The zero-order valence-electron chi connectivity index (χ0n) is 12.2. The molecule has 2 rings (SSSR count). The fourth-order valence-corrected chi connectivity index (χ4v) is 3.03. The molecule has 1 atom stereocenters. The molecule has 20 heavy (non-hydrogen) atoms. The number of hydrogen-bond donors (Lipinski definition) is 1. The van der Waals surface area contributed by atoms with E-state index in [1.54, 1.807) is 0 Å². The molecule has 0 bridgehead atoms. The van der Waals surface area contributed by atoms with Crippen LogP contribution in [0.3, 0.4) is 0 Å². The third-order valence-electron chi connectivity index (χ3n) is 3.59. The maximum absolute atomic E-state index is 3.69. The summed E-state index contributed by atoms with van der Waals surface area (Å²) in [5.41, 5.74) is 4.10. The number of rotatable bonds is 6. The molecule has 0 fully saturated rings. The van der Waals surface area contributed by atoms with Gasteiger partial charge in [-0.3, -0.25) is 0 Å². The van der Waals surface area contributed by atoms with Crippen LogP contribution in [-0.2, 0) is 6.42 Å². The van der Waals surface area contributed by atoms with Crippen LogP contribution >= 0.6 is 15.9 Å². The summed E-state index contributed by atoms with van der Waals surface area (Å²) in [7, 11) is 0. The summed E-state index contributed by atoms with van der Waals surface area (Å²) in [6, 6.07) is 17.4. The fourth-order valence-electron chi connectivity index (χ4n) is 2.43. The Balaban J connectivity index is 2.19. The summed E-state index contributed by atoms with van der Waals surface area (Å²) in [4.78, 5) is 0. The van der Waals surface area contributed by atoms with Crippen LogP contribution in [0.1, 0.15) is 29.5 Å². The number of likely N-dealkylation sites (N-methyl/N-ethyl adjacent to an activating group) is 1. The van der Waals surface area contributed by atoms with Crippen molar-refractivity contribution in [3.8, 4) is 0 Å². The number of halogens is 1. The Hall–Kier alpha value is -1.12. The molecule has 2 aromatic rings. The van der Waals surface area contributed by atoms with E-state index < -0.39 is 0 Å². The van der Waals surface area contributed by atoms with Gasteiger partial charge in [-0.15, -0.1) is 0 Å². The first kappa shape index (κ1) is 15.3. The maximum atomic E-state index is 3.69. The summed E-state index contributed by atoms with van der Waals surface area (Å²) < 4.78 is 1.20. The molecular formula is C18H22BrN. The van der Waals surface area contributed by atoms with Crippen molar-refractivity contribution >= 4 is 15.9 Å². The fraction of sp³-hybridized carbons (Fsp3) is 0.333. The first-order valence-electron chi connectivity index (χ1n) is 7.21. The lowest BCUT2D eigenvalue weighted by molar-refractivity contribution is 0.593. The largest absolute Gasteiger partial charge is 0.316 e. The lowest BCUT2D eigenvalue weighted by Gasteiger charge is -2.19. The molecule has 0 aromatic heterocycles. The Kier molecular flexibility index (Phi) is 5.81. The van der Waals surface area contributed by atoms with Crippen molar-refractivity contribution in [3.05, 3.63) is 69.7 Å². The van der Waals surface area contributed by atoms with Crippen molar-refractivity contribution in [2.24, 2.45) is 0 Å². The first-order chi connectivity index (χ1) is 9.70. The van der Waals surface area contributed by atoms with Crippen LogP contribution in [0.4, 0.5) is 0 Å². The molecule has 0 radical (unpaired) electrons. The lowest BCUT2D eigenvalue weighted by Crippen LogP contribution is -2.23. The Labute approximate surface area is 130 Å². The van der Waals surface area contributed by atoms with Crippen LogP contribution in [0.5, 0.6) is 0 Å². The summed E-state index contributed by atoms with van der Waals surface area (Å²) in [6.07, 6.45) is 1.07. The van der Waals surface area contributed by atoms with Gasteiger partial charge in [-0.05, 0) is 37.1 Å². The number of benzene rings is 2. The van der Waals surface area contributed by atoms with E-state index in [0.717, 1.165) is 19.5 Å². The smallest absolute Gasteiger partial charge is 0.0210 e. The topological polar surface area (TPSA) is 12.0 Å². The highest BCUT2D eigenvalue weighted by molar-refractivity contribution is 9.10. The van der Waals surface area contributed by atoms with Crippen LogP contribution in [0.2, 0.25) is 0 Å². The van der Waals surface area contributed by atoms with Gasteiger partial charge < -0.3 is 5.32 Å². The van der Waals surface area contributed by atoms with Gasteiger partial charge in [0.25, 0.3) is 0 Å². The molecule has 0 saturated heterocycles. The SMILES string of the molecule is CCNCC(Cc1ccc(C)cc1)c1ccccc1Br. The molecule has 0 amide bonds. The zero-order chi connectivity index (χ0) is 14.4. The highest BCUT2D eigenvalue weighted by Gasteiger charge is 2.14. The molecule has 0 aliphatic rings. The predicted octanol–water partition coefficient (Wildman–Crippen LogP) is 4.69. The summed E-state index contributed by atoms with van der Waals surface area (Å²) in [6.45, 7) is 6.30. The van der Waals surface area contributed by atoms with E-state index >= 15 is 0 Å². The van der Waals surface area contributed by atoms with Gasteiger partial charge in [-0.25, -0.2) is 0 Å². The molecule has 0 heterocycles. The second-order valence-electron chi connectivity index (χ2n) is 5.22. The molecule has 2 aromatic carbocycles. The predicted molar refractivity (Wildman–Crippen MR) is 90.3 cm³/mol. The average molecular weight is 332 g/mol. The lowest BCUT2D eigenvalue weighted by atomic mass is 9.91. The van der Waals surface area contributed by atoms with E-state index in [2.05, 4.69) is 83.6 Å². The summed E-state index contributed by atoms with van der Waals surface area (Å²) in [5.74, 6) is 0.494. The highest BCUT2D eigenvalue weighted by atomic mass is 79.9. The van der Waals surface area contributed by atoms with Gasteiger partial charge in [0.2, 0.25) is 0 Å². The normalized spacial score (nSPS) is 12.3. The van der Waals surface area contributed by atoms with Crippen LogP contribution in [0.15, 0.2) is 53.0 Å². The minimum Gasteiger partial charge on any atom is -0.316 e.